The maximum absolute atomic E-state index is 12.3. The van der Waals surface area contributed by atoms with Crippen LogP contribution in [0.1, 0.15) is 31.7 Å². The van der Waals surface area contributed by atoms with Crippen LogP contribution in [0.5, 0.6) is 0 Å². The van der Waals surface area contributed by atoms with Crippen LogP contribution in [0.2, 0.25) is 0 Å². The first-order valence-electron chi connectivity index (χ1n) is 6.56. The Morgan fingerprint density at radius 3 is 2.80 bits per heavy atom. The minimum absolute atomic E-state index is 0.0279. The van der Waals surface area contributed by atoms with Gasteiger partial charge < -0.3 is 4.57 Å². The van der Waals surface area contributed by atoms with Crippen LogP contribution in [-0.2, 0) is 23.0 Å². The molecule has 0 bridgehead atoms. The van der Waals surface area contributed by atoms with Crippen LogP contribution >= 0.6 is 0 Å². The lowest BCUT2D eigenvalue weighted by atomic mass is 10.3. The van der Waals surface area contributed by atoms with E-state index in [2.05, 4.69) is 19.9 Å². The third kappa shape index (κ3) is 2.84. The number of aromatic nitrogens is 4. The summed E-state index contributed by atoms with van der Waals surface area (Å²) in [7, 11) is -3.69. The summed E-state index contributed by atoms with van der Waals surface area (Å²) in [5.41, 5.74) is 0.818. The van der Waals surface area contributed by atoms with E-state index in [0.717, 1.165) is 18.5 Å². The zero-order valence-corrected chi connectivity index (χ0v) is 12.7. The summed E-state index contributed by atoms with van der Waals surface area (Å²) >= 11 is 0. The van der Waals surface area contributed by atoms with Crippen molar-refractivity contribution in [2.45, 2.75) is 45.2 Å². The van der Waals surface area contributed by atoms with Gasteiger partial charge in [-0.3, -0.25) is 9.82 Å². The highest BCUT2D eigenvalue weighted by molar-refractivity contribution is 7.92. The van der Waals surface area contributed by atoms with Crippen molar-refractivity contribution >= 4 is 15.8 Å². The zero-order chi connectivity index (χ0) is 14.8. The Kier molecular flexibility index (Phi) is 4.12. The van der Waals surface area contributed by atoms with E-state index in [4.69, 9.17) is 0 Å². The van der Waals surface area contributed by atoms with Gasteiger partial charge in [0.1, 0.15) is 11.6 Å². The van der Waals surface area contributed by atoms with Gasteiger partial charge in [0.15, 0.2) is 5.03 Å². The van der Waals surface area contributed by atoms with Gasteiger partial charge in [-0.05, 0) is 19.8 Å². The monoisotopic (exact) mass is 297 g/mol. The summed E-state index contributed by atoms with van der Waals surface area (Å²) in [6.45, 7) is 6.51. The van der Waals surface area contributed by atoms with Crippen LogP contribution in [0.25, 0.3) is 0 Å². The van der Waals surface area contributed by atoms with E-state index in [1.54, 1.807) is 19.3 Å². The molecule has 2 N–H and O–H groups in total. The summed E-state index contributed by atoms with van der Waals surface area (Å²) in [5, 5.41) is 6.53. The van der Waals surface area contributed by atoms with Crippen molar-refractivity contribution in [1.82, 2.24) is 19.7 Å². The fourth-order valence-corrected chi connectivity index (χ4v) is 3.00. The molecule has 7 nitrogen and oxygen atoms in total. The third-order valence-electron chi connectivity index (χ3n) is 3.03. The van der Waals surface area contributed by atoms with E-state index in [0.29, 0.717) is 18.1 Å². The number of hydrogen-bond acceptors (Lipinski definition) is 4. The molecule has 0 aliphatic carbocycles. The van der Waals surface area contributed by atoms with E-state index < -0.39 is 10.0 Å². The Morgan fingerprint density at radius 1 is 1.40 bits per heavy atom. The number of nitrogens with one attached hydrogen (secondary N) is 2. The molecule has 2 aromatic rings. The Hall–Kier alpha value is -1.83. The molecule has 0 aliphatic heterocycles. The van der Waals surface area contributed by atoms with Gasteiger partial charge in [-0.15, -0.1) is 0 Å². The molecule has 2 rings (SSSR count). The fourth-order valence-electron chi connectivity index (χ4n) is 1.93. The van der Waals surface area contributed by atoms with Crippen molar-refractivity contribution in [3.63, 3.8) is 0 Å². The molecule has 20 heavy (non-hydrogen) atoms. The third-order valence-corrected chi connectivity index (χ3v) is 4.25. The molecular formula is C12H19N5O2S. The number of sulfonamides is 1. The van der Waals surface area contributed by atoms with E-state index in [9.17, 15) is 8.42 Å². The number of hydrogen-bond donors (Lipinski definition) is 2. The van der Waals surface area contributed by atoms with Crippen molar-refractivity contribution in [2.75, 3.05) is 4.72 Å². The minimum atomic E-state index is -3.69. The van der Waals surface area contributed by atoms with E-state index in [-0.39, 0.29) is 5.03 Å². The fraction of sp³-hybridized carbons (Fsp3) is 0.500. The van der Waals surface area contributed by atoms with Crippen LogP contribution in [0, 0.1) is 6.92 Å². The first kappa shape index (κ1) is 14.6. The number of aromatic amines is 1. The van der Waals surface area contributed by atoms with Crippen LogP contribution in [-0.4, -0.2) is 28.2 Å². The first-order valence-corrected chi connectivity index (χ1v) is 8.05. The highest BCUT2D eigenvalue weighted by atomic mass is 32.2. The second kappa shape index (κ2) is 5.66. The van der Waals surface area contributed by atoms with Crippen LogP contribution in [0.3, 0.4) is 0 Å². The zero-order valence-electron chi connectivity index (χ0n) is 11.8. The molecule has 0 spiro atoms. The van der Waals surface area contributed by atoms with Gasteiger partial charge in [0.05, 0.1) is 6.20 Å². The molecule has 0 saturated heterocycles. The molecule has 0 aromatic carbocycles. The van der Waals surface area contributed by atoms with Crippen molar-refractivity contribution < 1.29 is 8.42 Å². The van der Waals surface area contributed by atoms with Crippen molar-refractivity contribution in [1.29, 1.82) is 0 Å². The molecule has 0 aliphatic rings. The molecule has 110 valence electrons. The molecule has 0 amide bonds. The number of imidazole rings is 1. The molecule has 2 aromatic heterocycles. The Bertz CT molecular complexity index is 687. The molecule has 0 saturated carbocycles. The topological polar surface area (TPSA) is 92.7 Å². The normalized spacial score (nSPS) is 11.8. The van der Waals surface area contributed by atoms with Crippen LogP contribution in [0.4, 0.5) is 5.82 Å². The highest BCUT2D eigenvalue weighted by Crippen LogP contribution is 2.17. The lowest BCUT2D eigenvalue weighted by Crippen LogP contribution is -2.14. The van der Waals surface area contributed by atoms with Gasteiger partial charge in [-0.2, -0.15) is 13.5 Å². The molecule has 8 heteroatoms. The van der Waals surface area contributed by atoms with Crippen LogP contribution in [0.15, 0.2) is 17.4 Å². The lowest BCUT2D eigenvalue weighted by molar-refractivity contribution is 0.597. The summed E-state index contributed by atoms with van der Waals surface area (Å²) in [6, 6.07) is 0. The van der Waals surface area contributed by atoms with Crippen LogP contribution < -0.4 is 4.72 Å². The number of rotatable bonds is 6. The first-order chi connectivity index (χ1) is 9.47. The second-order valence-electron chi connectivity index (χ2n) is 4.55. The number of nitrogens with zero attached hydrogens (tertiary/aromatic N) is 3. The summed E-state index contributed by atoms with van der Waals surface area (Å²) in [5.74, 6) is 1.09. The van der Waals surface area contributed by atoms with Gasteiger partial charge in [0.2, 0.25) is 0 Å². The van der Waals surface area contributed by atoms with Crippen molar-refractivity contribution in [3.05, 3.63) is 23.8 Å². The van der Waals surface area contributed by atoms with Crippen molar-refractivity contribution in [3.8, 4) is 0 Å². The maximum Gasteiger partial charge on any atom is 0.282 e. The van der Waals surface area contributed by atoms with E-state index >= 15 is 0 Å². The van der Waals surface area contributed by atoms with Gasteiger partial charge in [-0.25, -0.2) is 4.98 Å². The van der Waals surface area contributed by atoms with E-state index in [1.807, 2.05) is 18.4 Å². The summed E-state index contributed by atoms with van der Waals surface area (Å²) < 4.78 is 28.9. The van der Waals surface area contributed by atoms with Gasteiger partial charge >= 0.3 is 0 Å². The molecule has 0 atom stereocenters. The van der Waals surface area contributed by atoms with E-state index in [1.165, 1.54) is 0 Å². The number of H-pyrrole nitrogens is 1. The second-order valence-corrected chi connectivity index (χ2v) is 6.18. The van der Waals surface area contributed by atoms with Crippen molar-refractivity contribution in [2.24, 2.45) is 0 Å². The maximum atomic E-state index is 12.3. The minimum Gasteiger partial charge on any atom is -0.334 e. The number of aryl methyl sites for hydroxylation is 3. The largest absolute Gasteiger partial charge is 0.334 e. The quantitative estimate of drug-likeness (QED) is 0.848. The van der Waals surface area contributed by atoms with Gasteiger partial charge in [0.25, 0.3) is 10.0 Å². The Morgan fingerprint density at radius 2 is 2.15 bits per heavy atom. The SMILES string of the molecule is CCCn1cc(S(=O)(=O)Nc2[nH]ncc2CC)nc1C. The predicted molar refractivity (Wildman–Crippen MR) is 76.0 cm³/mol. The smallest absolute Gasteiger partial charge is 0.282 e. The predicted octanol–water partition coefficient (Wildman–Crippen LogP) is 1.69. The average Bonchev–Trinajstić information content (AvgIpc) is 2.97. The average molecular weight is 297 g/mol. The summed E-state index contributed by atoms with van der Waals surface area (Å²) in [6.07, 6.45) is 4.78. The summed E-state index contributed by atoms with van der Waals surface area (Å²) in [4.78, 5) is 4.12. The Labute approximate surface area is 118 Å². The molecule has 0 fully saturated rings. The molecule has 2 heterocycles. The highest BCUT2D eigenvalue weighted by Gasteiger charge is 2.21. The van der Waals surface area contributed by atoms with Gasteiger partial charge in [0, 0.05) is 18.3 Å². The molecule has 0 unspecified atom stereocenters. The molecule has 0 radical (unpaired) electrons. The lowest BCUT2D eigenvalue weighted by Gasteiger charge is -2.04. The standard InChI is InChI=1S/C12H19N5O2S/c1-4-6-17-8-11(14-9(17)3)20(18,19)16-12-10(5-2)7-13-15-12/h7-8H,4-6H2,1-3H3,(H2,13,15,16). The Balaban J connectivity index is 2.29. The molecular weight excluding hydrogens is 278 g/mol. The number of anilines is 1. The van der Waals surface area contributed by atoms with Gasteiger partial charge in [-0.1, -0.05) is 13.8 Å².